The van der Waals surface area contributed by atoms with Gasteiger partial charge in [0.15, 0.2) is 8.32 Å². The highest BCUT2D eigenvalue weighted by molar-refractivity contribution is 6.74. The van der Waals surface area contributed by atoms with Gasteiger partial charge in [0, 0.05) is 48.0 Å². The number of hydrogen-bond donors (Lipinski definition) is 3. The number of benzene rings is 1. The summed E-state index contributed by atoms with van der Waals surface area (Å²) >= 11 is 0. The topological polar surface area (TPSA) is 74.9 Å². The maximum atomic E-state index is 13.8. The smallest absolute Gasteiger partial charge is 0.413 e. The lowest BCUT2D eigenvalue weighted by molar-refractivity contribution is -0.137. The number of nitrogens with one attached hydrogen (secondary N) is 3. The summed E-state index contributed by atoms with van der Waals surface area (Å²) in [6.07, 6.45) is -1.38. The summed E-state index contributed by atoms with van der Waals surface area (Å²) in [6.45, 7) is 12.4. The van der Waals surface area contributed by atoms with E-state index in [-0.39, 0.29) is 28.8 Å². The fourth-order valence-corrected chi connectivity index (χ4v) is 5.38. The number of para-hydroxylation sites is 1. The van der Waals surface area contributed by atoms with E-state index in [0.29, 0.717) is 17.5 Å². The van der Waals surface area contributed by atoms with E-state index in [4.69, 9.17) is 4.43 Å². The Morgan fingerprint density at radius 3 is 2.56 bits per heavy atom. The van der Waals surface area contributed by atoms with Gasteiger partial charge in [-0.2, -0.15) is 13.2 Å². The first-order valence-corrected chi connectivity index (χ1v) is 14.4. The molecule has 2 atom stereocenters. The van der Waals surface area contributed by atoms with Crippen molar-refractivity contribution in [1.29, 1.82) is 0 Å². The minimum absolute atomic E-state index is 0.0228. The van der Waals surface area contributed by atoms with E-state index >= 15 is 0 Å². The normalized spacial score (nSPS) is 20.0. The number of aromatic nitrogens is 3. The molecule has 0 radical (unpaired) electrons. The largest absolute Gasteiger partial charge is 0.419 e. The fourth-order valence-electron chi connectivity index (χ4n) is 4.01. The monoisotopic (exact) mass is 491 g/mol. The van der Waals surface area contributed by atoms with Crippen LogP contribution in [-0.4, -0.2) is 48.5 Å². The van der Waals surface area contributed by atoms with Crippen molar-refractivity contribution in [3.05, 3.63) is 42.2 Å². The average molecular weight is 492 g/mol. The third-order valence-electron chi connectivity index (χ3n) is 6.85. The summed E-state index contributed by atoms with van der Waals surface area (Å²) in [5.41, 5.74) is 0.152. The minimum atomic E-state index is -4.57. The molecule has 34 heavy (non-hydrogen) atoms. The second kappa shape index (κ2) is 8.97. The Morgan fingerprint density at radius 2 is 1.85 bits per heavy atom. The number of fused-ring (bicyclic) bond motifs is 1. The highest BCUT2D eigenvalue weighted by Crippen LogP contribution is 2.39. The molecule has 184 valence electrons. The summed E-state index contributed by atoms with van der Waals surface area (Å²) in [4.78, 5) is 11.4. The van der Waals surface area contributed by atoms with Gasteiger partial charge in [0.1, 0.15) is 5.56 Å². The zero-order valence-corrected chi connectivity index (χ0v) is 21.2. The third-order valence-corrected chi connectivity index (χ3v) is 11.4. The summed E-state index contributed by atoms with van der Waals surface area (Å²) in [5.74, 6) is 0.174. The van der Waals surface area contributed by atoms with Crippen LogP contribution in [0.15, 0.2) is 36.7 Å². The van der Waals surface area contributed by atoms with E-state index in [1.807, 2.05) is 12.1 Å². The van der Waals surface area contributed by atoms with E-state index in [0.717, 1.165) is 24.7 Å². The summed E-state index contributed by atoms with van der Waals surface area (Å²) in [7, 11) is -1.94. The van der Waals surface area contributed by atoms with Gasteiger partial charge in [-0.3, -0.25) is 0 Å². The van der Waals surface area contributed by atoms with Gasteiger partial charge >= 0.3 is 6.18 Å². The second-order valence-electron chi connectivity index (χ2n) is 10.4. The molecule has 0 aliphatic carbocycles. The predicted octanol–water partition coefficient (Wildman–Crippen LogP) is 5.81. The lowest BCUT2D eigenvalue weighted by Crippen LogP contribution is -2.52. The molecule has 0 saturated carbocycles. The Bertz CT molecular complexity index is 1160. The van der Waals surface area contributed by atoms with E-state index in [2.05, 4.69) is 59.5 Å². The van der Waals surface area contributed by atoms with E-state index < -0.39 is 20.1 Å². The molecule has 10 heteroatoms. The summed E-state index contributed by atoms with van der Waals surface area (Å²) in [5, 5.41) is 7.39. The zero-order chi connectivity index (χ0) is 24.7. The molecule has 1 fully saturated rings. The predicted molar refractivity (Wildman–Crippen MR) is 131 cm³/mol. The number of rotatable bonds is 5. The van der Waals surface area contributed by atoms with Gasteiger partial charge in [0.25, 0.3) is 0 Å². The van der Waals surface area contributed by atoms with Crippen LogP contribution in [0.5, 0.6) is 0 Å². The lowest BCUT2D eigenvalue weighted by Gasteiger charge is -2.41. The number of H-pyrrole nitrogens is 1. The molecule has 1 aliphatic heterocycles. The van der Waals surface area contributed by atoms with Gasteiger partial charge in [0.2, 0.25) is 5.95 Å². The van der Waals surface area contributed by atoms with Gasteiger partial charge in [-0.15, -0.1) is 0 Å². The van der Waals surface area contributed by atoms with Crippen molar-refractivity contribution in [3.63, 3.8) is 0 Å². The van der Waals surface area contributed by atoms with Crippen LogP contribution in [-0.2, 0) is 10.6 Å². The molecule has 4 rings (SSSR count). The van der Waals surface area contributed by atoms with Crippen LogP contribution in [0.3, 0.4) is 0 Å². The Balaban J connectivity index is 1.59. The van der Waals surface area contributed by atoms with Crippen molar-refractivity contribution in [2.24, 2.45) is 0 Å². The van der Waals surface area contributed by atoms with Crippen molar-refractivity contribution in [3.8, 4) is 11.3 Å². The highest BCUT2D eigenvalue weighted by atomic mass is 28.4. The SMILES string of the molecule is CC(C)(C)[Si](C)(C)OC1CNC[C@@H](Nc2ncc(C(F)(F)F)c(-c3c[nH]c4ccccc34)n2)C1. The Morgan fingerprint density at radius 1 is 1.12 bits per heavy atom. The van der Waals surface area contributed by atoms with Crippen molar-refractivity contribution < 1.29 is 17.6 Å². The van der Waals surface area contributed by atoms with Gasteiger partial charge < -0.3 is 20.0 Å². The number of hydrogen-bond acceptors (Lipinski definition) is 5. The maximum absolute atomic E-state index is 13.8. The molecule has 0 bridgehead atoms. The zero-order valence-electron chi connectivity index (χ0n) is 20.2. The van der Waals surface area contributed by atoms with E-state index in [1.165, 1.54) is 0 Å². The number of halogens is 3. The van der Waals surface area contributed by atoms with Gasteiger partial charge in [-0.05, 0) is 30.6 Å². The molecule has 1 unspecified atom stereocenters. The van der Waals surface area contributed by atoms with Crippen LogP contribution >= 0.6 is 0 Å². The standard InChI is InChI=1S/C24H32F3N5OSi/c1-23(2,3)34(4,5)33-16-10-15(11-28-12-16)31-22-30-14-19(24(25,26)27)21(32-22)18-13-29-20-9-7-6-8-17(18)20/h6-9,13-16,28-29H,10-12H2,1-5H3,(H,30,31,32)/t15-,16?/m0/s1. The molecule has 2 aromatic heterocycles. The van der Waals surface area contributed by atoms with E-state index in [1.54, 1.807) is 18.3 Å². The van der Waals surface area contributed by atoms with Crippen LogP contribution in [0.25, 0.3) is 22.2 Å². The lowest BCUT2D eigenvalue weighted by atomic mass is 10.0. The Labute approximate surface area is 198 Å². The summed E-state index contributed by atoms with van der Waals surface area (Å²) < 4.78 is 48.0. The Kier molecular flexibility index (Phi) is 6.52. The van der Waals surface area contributed by atoms with Crippen molar-refractivity contribution in [2.45, 2.75) is 63.6 Å². The molecule has 1 aliphatic rings. The van der Waals surface area contributed by atoms with Crippen LogP contribution < -0.4 is 10.6 Å². The molecule has 3 aromatic rings. The maximum Gasteiger partial charge on any atom is 0.419 e. The van der Waals surface area contributed by atoms with Crippen LogP contribution in [0.4, 0.5) is 19.1 Å². The number of aromatic amines is 1. The molecule has 0 spiro atoms. The first kappa shape index (κ1) is 24.7. The van der Waals surface area contributed by atoms with Crippen LogP contribution in [0.2, 0.25) is 18.1 Å². The Hall–Kier alpha value is -2.43. The molecular weight excluding hydrogens is 459 g/mol. The first-order valence-electron chi connectivity index (χ1n) is 11.5. The minimum Gasteiger partial charge on any atom is -0.413 e. The molecule has 1 aromatic carbocycles. The van der Waals surface area contributed by atoms with Crippen molar-refractivity contribution >= 4 is 25.2 Å². The molecule has 1 saturated heterocycles. The number of piperidine rings is 1. The van der Waals surface area contributed by atoms with E-state index in [9.17, 15) is 13.2 Å². The van der Waals surface area contributed by atoms with Gasteiger partial charge in [0.05, 0.1) is 11.8 Å². The third kappa shape index (κ3) is 5.13. The van der Waals surface area contributed by atoms with Crippen molar-refractivity contribution in [1.82, 2.24) is 20.3 Å². The highest BCUT2D eigenvalue weighted by Gasteiger charge is 2.40. The van der Waals surface area contributed by atoms with Crippen molar-refractivity contribution in [2.75, 3.05) is 18.4 Å². The molecule has 3 heterocycles. The summed E-state index contributed by atoms with van der Waals surface area (Å²) in [6, 6.07) is 7.17. The number of nitrogens with zero attached hydrogens (tertiary/aromatic N) is 2. The second-order valence-corrected chi connectivity index (χ2v) is 15.2. The van der Waals surface area contributed by atoms with Crippen LogP contribution in [0, 0.1) is 0 Å². The number of anilines is 1. The molecular formula is C24H32F3N5OSi. The molecule has 6 nitrogen and oxygen atoms in total. The quantitative estimate of drug-likeness (QED) is 0.393. The number of alkyl halides is 3. The first-order chi connectivity index (χ1) is 15.8. The van der Waals surface area contributed by atoms with Gasteiger partial charge in [-0.1, -0.05) is 39.0 Å². The molecule has 3 N–H and O–H groups in total. The van der Waals surface area contributed by atoms with Crippen LogP contribution in [0.1, 0.15) is 32.8 Å². The fraction of sp³-hybridized carbons (Fsp3) is 0.500. The molecule has 0 amide bonds. The van der Waals surface area contributed by atoms with Gasteiger partial charge in [-0.25, -0.2) is 9.97 Å². The average Bonchev–Trinajstić information content (AvgIpc) is 3.16.